The average Bonchev–Trinajstić information content (AvgIpc) is 3.08. The lowest BCUT2D eigenvalue weighted by molar-refractivity contribution is 0.0932. The molecule has 0 saturated heterocycles. The molecule has 0 spiro atoms. The highest BCUT2D eigenvalue weighted by Gasteiger charge is 2.19. The van der Waals surface area contributed by atoms with Crippen LogP contribution in [0.5, 0.6) is 0 Å². The second kappa shape index (κ2) is 6.56. The molecule has 0 radical (unpaired) electrons. The van der Waals surface area contributed by atoms with E-state index >= 15 is 0 Å². The van der Waals surface area contributed by atoms with Crippen LogP contribution < -0.4 is 10.2 Å². The maximum absolute atomic E-state index is 12.3. The quantitative estimate of drug-likeness (QED) is 0.942. The fourth-order valence-electron chi connectivity index (χ4n) is 2.77. The number of carbonyl (C=O) groups is 1. The Morgan fingerprint density at radius 1 is 1.18 bits per heavy atom. The summed E-state index contributed by atoms with van der Waals surface area (Å²) in [5.74, 6) is 0.592. The van der Waals surface area contributed by atoms with Crippen molar-refractivity contribution in [2.45, 2.75) is 31.7 Å². The maximum atomic E-state index is 12.3. The van der Waals surface area contributed by atoms with Gasteiger partial charge in [-0.1, -0.05) is 31.0 Å². The molecule has 1 aromatic carbocycles. The first-order valence-electron chi connectivity index (χ1n) is 7.66. The first kappa shape index (κ1) is 14.5. The van der Waals surface area contributed by atoms with Gasteiger partial charge in [0.2, 0.25) is 0 Å². The molecule has 0 aliphatic heterocycles. The summed E-state index contributed by atoms with van der Waals surface area (Å²) in [6, 6.07) is 11.9. The van der Waals surface area contributed by atoms with Gasteiger partial charge in [0.05, 0.1) is 0 Å². The number of para-hydroxylation sites is 1. The first-order valence-corrected chi connectivity index (χ1v) is 7.66. The van der Waals surface area contributed by atoms with E-state index in [1.54, 1.807) is 6.07 Å². The molecule has 1 N–H and O–H groups in total. The van der Waals surface area contributed by atoms with Gasteiger partial charge in [-0.15, -0.1) is 0 Å². The molecule has 0 bridgehead atoms. The number of nitrogens with zero attached hydrogens (tertiary/aromatic N) is 3. The molecule has 2 aromatic rings. The van der Waals surface area contributed by atoms with Crippen LogP contribution in [0, 0.1) is 0 Å². The summed E-state index contributed by atoms with van der Waals surface area (Å²) in [6.45, 7) is 0. The largest absolute Gasteiger partial charge is 0.348 e. The van der Waals surface area contributed by atoms with Crippen LogP contribution >= 0.6 is 0 Å². The van der Waals surface area contributed by atoms with Gasteiger partial charge in [0.1, 0.15) is 17.8 Å². The number of carbonyl (C=O) groups excluding carboxylic acids is 1. The Bertz CT molecular complexity index is 638. The zero-order valence-electron chi connectivity index (χ0n) is 12.7. The third-order valence-electron chi connectivity index (χ3n) is 4.06. The van der Waals surface area contributed by atoms with Crippen LogP contribution in [0.3, 0.4) is 0 Å². The number of benzene rings is 1. The normalized spacial score (nSPS) is 14.8. The lowest BCUT2D eigenvalue weighted by Crippen LogP contribution is -2.33. The number of nitrogens with one attached hydrogen (secondary N) is 1. The van der Waals surface area contributed by atoms with Crippen molar-refractivity contribution in [3.8, 4) is 0 Å². The summed E-state index contributed by atoms with van der Waals surface area (Å²) in [7, 11) is 1.93. The van der Waals surface area contributed by atoms with Gasteiger partial charge in [0, 0.05) is 24.8 Å². The van der Waals surface area contributed by atoms with E-state index in [-0.39, 0.29) is 11.9 Å². The second-order valence-electron chi connectivity index (χ2n) is 5.61. The lowest BCUT2D eigenvalue weighted by atomic mass is 10.2. The Balaban J connectivity index is 1.75. The van der Waals surface area contributed by atoms with Crippen molar-refractivity contribution in [2.75, 3.05) is 11.9 Å². The van der Waals surface area contributed by atoms with Crippen LogP contribution in [-0.2, 0) is 0 Å². The molecule has 5 nitrogen and oxygen atoms in total. The number of hydrogen-bond acceptors (Lipinski definition) is 4. The Morgan fingerprint density at radius 2 is 1.91 bits per heavy atom. The third-order valence-corrected chi connectivity index (χ3v) is 4.06. The van der Waals surface area contributed by atoms with E-state index in [0.29, 0.717) is 11.5 Å². The molecule has 0 atom stereocenters. The number of anilines is 2. The van der Waals surface area contributed by atoms with E-state index in [9.17, 15) is 4.79 Å². The molecule has 1 amide bonds. The van der Waals surface area contributed by atoms with Crippen molar-refractivity contribution in [3.05, 3.63) is 48.4 Å². The Morgan fingerprint density at radius 3 is 2.64 bits per heavy atom. The fraction of sp³-hybridized carbons (Fsp3) is 0.353. The smallest absolute Gasteiger partial charge is 0.270 e. The van der Waals surface area contributed by atoms with Crippen molar-refractivity contribution in [3.63, 3.8) is 0 Å². The van der Waals surface area contributed by atoms with Crippen LogP contribution in [0.4, 0.5) is 11.5 Å². The molecule has 1 aliphatic carbocycles. The third kappa shape index (κ3) is 3.24. The molecule has 114 valence electrons. The molecular formula is C17H20N4O. The second-order valence-corrected chi connectivity index (χ2v) is 5.61. The topological polar surface area (TPSA) is 58.1 Å². The van der Waals surface area contributed by atoms with Gasteiger partial charge < -0.3 is 10.2 Å². The number of hydrogen-bond donors (Lipinski definition) is 1. The van der Waals surface area contributed by atoms with Crippen molar-refractivity contribution in [1.29, 1.82) is 0 Å². The molecule has 1 aliphatic rings. The Kier molecular flexibility index (Phi) is 4.32. The summed E-state index contributed by atoms with van der Waals surface area (Å²) in [5, 5.41) is 3.05. The maximum Gasteiger partial charge on any atom is 0.270 e. The van der Waals surface area contributed by atoms with E-state index < -0.39 is 0 Å². The highest BCUT2D eigenvalue weighted by molar-refractivity contribution is 5.93. The monoisotopic (exact) mass is 296 g/mol. The molecule has 1 fully saturated rings. The highest BCUT2D eigenvalue weighted by Crippen LogP contribution is 2.21. The number of amides is 1. The van der Waals surface area contributed by atoms with Gasteiger partial charge in [-0.25, -0.2) is 9.97 Å². The summed E-state index contributed by atoms with van der Waals surface area (Å²) in [6.07, 6.45) is 5.95. The van der Waals surface area contributed by atoms with Gasteiger partial charge in [0.25, 0.3) is 5.91 Å². The van der Waals surface area contributed by atoms with Crippen LogP contribution in [0.2, 0.25) is 0 Å². The van der Waals surface area contributed by atoms with Gasteiger partial charge in [0.15, 0.2) is 0 Å². The van der Waals surface area contributed by atoms with E-state index in [1.807, 2.05) is 42.3 Å². The van der Waals surface area contributed by atoms with Crippen molar-refractivity contribution < 1.29 is 4.79 Å². The van der Waals surface area contributed by atoms with Crippen molar-refractivity contribution in [2.24, 2.45) is 0 Å². The van der Waals surface area contributed by atoms with E-state index in [4.69, 9.17) is 0 Å². The summed E-state index contributed by atoms with van der Waals surface area (Å²) in [4.78, 5) is 22.6. The van der Waals surface area contributed by atoms with Crippen LogP contribution in [0.15, 0.2) is 42.7 Å². The van der Waals surface area contributed by atoms with Crippen molar-refractivity contribution >= 4 is 17.4 Å². The highest BCUT2D eigenvalue weighted by atomic mass is 16.1. The Labute approximate surface area is 130 Å². The molecular weight excluding hydrogens is 276 g/mol. The predicted molar refractivity (Wildman–Crippen MR) is 86.3 cm³/mol. The van der Waals surface area contributed by atoms with Gasteiger partial charge in [-0.3, -0.25) is 4.79 Å². The van der Waals surface area contributed by atoms with Crippen LogP contribution in [0.1, 0.15) is 36.2 Å². The summed E-state index contributed by atoms with van der Waals surface area (Å²) in [5.41, 5.74) is 1.43. The van der Waals surface area contributed by atoms with Crippen molar-refractivity contribution in [1.82, 2.24) is 15.3 Å². The van der Waals surface area contributed by atoms with E-state index in [2.05, 4.69) is 15.3 Å². The summed E-state index contributed by atoms with van der Waals surface area (Å²) >= 11 is 0. The lowest BCUT2D eigenvalue weighted by Gasteiger charge is -2.18. The minimum atomic E-state index is -0.114. The molecule has 3 rings (SSSR count). The van der Waals surface area contributed by atoms with Gasteiger partial charge >= 0.3 is 0 Å². The van der Waals surface area contributed by atoms with E-state index in [0.717, 1.165) is 18.5 Å². The molecule has 22 heavy (non-hydrogen) atoms. The minimum absolute atomic E-state index is 0.114. The fourth-order valence-corrected chi connectivity index (χ4v) is 2.77. The predicted octanol–water partition coefficient (Wildman–Crippen LogP) is 2.92. The molecule has 5 heteroatoms. The van der Waals surface area contributed by atoms with Gasteiger partial charge in [-0.2, -0.15) is 0 Å². The Hall–Kier alpha value is -2.43. The standard InChI is InChI=1S/C17H20N4O/c1-21(14-9-3-2-4-10-14)16-11-15(18-12-19-16)17(22)20-13-7-5-6-8-13/h2-4,9-13H,5-8H2,1H3,(H,20,22). The zero-order valence-corrected chi connectivity index (χ0v) is 12.7. The SMILES string of the molecule is CN(c1ccccc1)c1cc(C(=O)NC2CCCC2)ncn1. The molecule has 1 aromatic heterocycles. The van der Waals surface area contributed by atoms with E-state index in [1.165, 1.54) is 19.2 Å². The summed E-state index contributed by atoms with van der Waals surface area (Å²) < 4.78 is 0. The first-order chi connectivity index (χ1) is 10.7. The van der Waals surface area contributed by atoms with Gasteiger partial charge in [-0.05, 0) is 25.0 Å². The number of rotatable bonds is 4. The molecule has 1 heterocycles. The molecule has 0 unspecified atom stereocenters. The number of aromatic nitrogens is 2. The zero-order chi connectivity index (χ0) is 15.4. The molecule has 1 saturated carbocycles. The minimum Gasteiger partial charge on any atom is -0.348 e. The average molecular weight is 296 g/mol. The van der Waals surface area contributed by atoms with Crippen LogP contribution in [0.25, 0.3) is 0 Å². The van der Waals surface area contributed by atoms with Crippen LogP contribution in [-0.4, -0.2) is 29.0 Å².